The lowest BCUT2D eigenvalue weighted by molar-refractivity contribution is -0.149. The van der Waals surface area contributed by atoms with E-state index in [1.807, 2.05) is 45.0 Å². The van der Waals surface area contributed by atoms with Crippen molar-refractivity contribution in [2.24, 2.45) is 16.3 Å². The zero-order valence-electron chi connectivity index (χ0n) is 15.5. The van der Waals surface area contributed by atoms with Crippen LogP contribution in [0.5, 0.6) is 0 Å². The van der Waals surface area contributed by atoms with E-state index in [1.54, 1.807) is 0 Å². The average Bonchev–Trinajstić information content (AvgIpc) is 2.56. The van der Waals surface area contributed by atoms with Gasteiger partial charge in [-0.2, -0.15) is 0 Å². The maximum atomic E-state index is 12.7. The van der Waals surface area contributed by atoms with E-state index in [2.05, 4.69) is 20.9 Å². The van der Waals surface area contributed by atoms with Crippen molar-refractivity contribution in [1.29, 1.82) is 0 Å². The summed E-state index contributed by atoms with van der Waals surface area (Å²) in [7, 11) is 1.28. The van der Waals surface area contributed by atoms with Gasteiger partial charge in [-0.05, 0) is 42.5 Å². The number of ether oxygens (including phenoxy) is 1. The Morgan fingerprint density at radius 1 is 1.31 bits per heavy atom. The molecule has 26 heavy (non-hydrogen) atoms. The van der Waals surface area contributed by atoms with Gasteiger partial charge in [0.25, 0.3) is 0 Å². The molecule has 6 heteroatoms. The molecule has 5 nitrogen and oxygen atoms in total. The van der Waals surface area contributed by atoms with Gasteiger partial charge in [0.2, 0.25) is 0 Å². The van der Waals surface area contributed by atoms with Gasteiger partial charge in [-0.15, -0.1) is 0 Å². The molecule has 1 N–H and O–H groups in total. The number of methoxy groups -OCH3 is 1. The van der Waals surface area contributed by atoms with Crippen LogP contribution >= 0.6 is 15.9 Å². The molecule has 1 aliphatic rings. The number of nitrogens with zero attached hydrogens (tertiary/aromatic N) is 1. The summed E-state index contributed by atoms with van der Waals surface area (Å²) in [5, 5.41) is 10.8. The van der Waals surface area contributed by atoms with Crippen LogP contribution in [0.4, 0.5) is 5.69 Å². The van der Waals surface area contributed by atoms with E-state index in [1.165, 1.54) is 7.11 Å². The molecular weight excluding hydrogens is 398 g/mol. The highest BCUT2D eigenvalue weighted by Gasteiger charge is 2.47. The number of benzene rings is 1. The molecule has 0 fully saturated rings. The van der Waals surface area contributed by atoms with Crippen LogP contribution in [-0.4, -0.2) is 29.7 Å². The largest absolute Gasteiger partial charge is 0.511 e. The molecule has 1 aliphatic carbocycles. The molecule has 0 radical (unpaired) electrons. The molecule has 0 spiro atoms. The van der Waals surface area contributed by atoms with Crippen molar-refractivity contribution in [3.63, 3.8) is 0 Å². The summed E-state index contributed by atoms with van der Waals surface area (Å²) in [6, 6.07) is 7.38. The summed E-state index contributed by atoms with van der Waals surface area (Å²) in [5.74, 6) is -1.86. The highest BCUT2D eigenvalue weighted by Crippen LogP contribution is 2.43. The first-order valence-electron chi connectivity index (χ1n) is 8.59. The Labute approximate surface area is 162 Å². The number of hydrogen-bond donors (Lipinski definition) is 1. The quantitative estimate of drug-likeness (QED) is 0.684. The van der Waals surface area contributed by atoms with Crippen molar-refractivity contribution in [3.05, 3.63) is 40.1 Å². The van der Waals surface area contributed by atoms with Gasteiger partial charge in [-0.25, -0.2) is 0 Å². The smallest absolute Gasteiger partial charge is 0.316 e. The number of aliphatic hydroxyl groups is 1. The number of allylic oxidation sites excluding steroid dienone is 1. The average molecular weight is 422 g/mol. The Bertz CT molecular complexity index is 763. The molecule has 1 unspecified atom stereocenters. The Morgan fingerprint density at radius 2 is 1.92 bits per heavy atom. The maximum Gasteiger partial charge on any atom is 0.316 e. The van der Waals surface area contributed by atoms with E-state index in [-0.39, 0.29) is 23.5 Å². The number of hydrogen-bond acceptors (Lipinski definition) is 5. The lowest BCUT2D eigenvalue weighted by Gasteiger charge is -2.37. The molecule has 0 aliphatic heterocycles. The normalized spacial score (nSPS) is 21.0. The van der Waals surface area contributed by atoms with Crippen molar-refractivity contribution in [3.8, 4) is 0 Å². The minimum absolute atomic E-state index is 0.157. The molecule has 0 aromatic heterocycles. The number of ketones is 1. The van der Waals surface area contributed by atoms with Crippen LogP contribution in [0.25, 0.3) is 0 Å². The summed E-state index contributed by atoms with van der Waals surface area (Å²) in [4.78, 5) is 29.5. The molecule has 1 atom stereocenters. The first-order chi connectivity index (χ1) is 12.2. The fourth-order valence-electron chi connectivity index (χ4n) is 3.26. The SMILES string of the molecule is CCCC(=O)C1=C(O)C(C(=O)OC)C(C)(C)CC1=Nc1ccc(Br)cc1. The lowest BCUT2D eigenvalue weighted by atomic mass is 9.67. The van der Waals surface area contributed by atoms with E-state index < -0.39 is 17.3 Å². The Hall–Kier alpha value is -1.95. The molecule has 0 amide bonds. The Balaban J connectivity index is 2.62. The highest BCUT2D eigenvalue weighted by atomic mass is 79.9. The third kappa shape index (κ3) is 4.23. The maximum absolute atomic E-state index is 12.7. The Kier molecular flexibility index (Phi) is 6.39. The van der Waals surface area contributed by atoms with Gasteiger partial charge in [0.15, 0.2) is 5.78 Å². The molecule has 0 heterocycles. The zero-order chi connectivity index (χ0) is 19.5. The number of aliphatic hydroxyl groups excluding tert-OH is 1. The fraction of sp³-hybridized carbons (Fsp3) is 0.450. The van der Waals surface area contributed by atoms with Crippen LogP contribution in [0.1, 0.15) is 40.0 Å². The van der Waals surface area contributed by atoms with E-state index in [0.29, 0.717) is 24.2 Å². The topological polar surface area (TPSA) is 76.0 Å². The number of aliphatic imine (C=N–C) groups is 1. The van der Waals surface area contributed by atoms with Crippen LogP contribution < -0.4 is 0 Å². The number of esters is 1. The van der Waals surface area contributed by atoms with Gasteiger partial charge >= 0.3 is 5.97 Å². The van der Waals surface area contributed by atoms with Crippen LogP contribution in [0.2, 0.25) is 0 Å². The molecule has 140 valence electrons. The van der Waals surface area contributed by atoms with E-state index >= 15 is 0 Å². The standard InChI is InChI=1S/C20H24BrNO4/c1-5-6-15(23)16-14(22-13-9-7-12(21)8-10-13)11-20(2,3)17(18(16)24)19(25)26-4/h7-10,17,24H,5-6,11H2,1-4H3. The molecular formula is C20H24BrNO4. The number of carbonyl (C=O) groups excluding carboxylic acids is 2. The van der Waals surface area contributed by atoms with Gasteiger partial charge in [0.1, 0.15) is 11.7 Å². The summed E-state index contributed by atoms with van der Waals surface area (Å²) in [6.45, 7) is 5.62. The molecule has 0 saturated heterocycles. The predicted molar refractivity (Wildman–Crippen MR) is 105 cm³/mol. The summed E-state index contributed by atoms with van der Waals surface area (Å²) < 4.78 is 5.79. The van der Waals surface area contributed by atoms with Crippen molar-refractivity contribution < 1.29 is 19.4 Å². The predicted octanol–water partition coefficient (Wildman–Crippen LogP) is 4.92. The van der Waals surface area contributed by atoms with E-state index in [4.69, 9.17) is 4.74 Å². The van der Waals surface area contributed by atoms with Crippen molar-refractivity contribution in [1.82, 2.24) is 0 Å². The summed E-state index contributed by atoms with van der Waals surface area (Å²) in [5.41, 5.74) is 0.726. The molecule has 1 aromatic rings. The third-order valence-electron chi connectivity index (χ3n) is 4.51. The second-order valence-corrected chi connectivity index (χ2v) is 8.01. The molecule has 0 saturated carbocycles. The van der Waals surface area contributed by atoms with Gasteiger partial charge in [0.05, 0.1) is 24.1 Å². The Morgan fingerprint density at radius 3 is 2.46 bits per heavy atom. The first-order valence-corrected chi connectivity index (χ1v) is 9.38. The van der Waals surface area contributed by atoms with Crippen molar-refractivity contribution in [2.45, 2.75) is 40.0 Å². The van der Waals surface area contributed by atoms with Gasteiger partial charge in [-0.1, -0.05) is 36.7 Å². The third-order valence-corrected chi connectivity index (χ3v) is 5.03. The molecule has 1 aromatic carbocycles. The van der Waals surface area contributed by atoms with Crippen molar-refractivity contribution >= 4 is 39.1 Å². The fourth-order valence-corrected chi connectivity index (χ4v) is 3.52. The minimum Gasteiger partial charge on any atom is -0.511 e. The number of carbonyl (C=O) groups is 2. The lowest BCUT2D eigenvalue weighted by Crippen LogP contribution is -2.41. The monoisotopic (exact) mass is 421 g/mol. The van der Waals surface area contributed by atoms with E-state index in [9.17, 15) is 14.7 Å². The van der Waals surface area contributed by atoms with Crippen LogP contribution in [0.15, 0.2) is 45.1 Å². The number of halogens is 1. The minimum atomic E-state index is -0.882. The van der Waals surface area contributed by atoms with Crippen molar-refractivity contribution in [2.75, 3.05) is 7.11 Å². The molecule has 0 bridgehead atoms. The second-order valence-electron chi connectivity index (χ2n) is 7.09. The summed E-state index contributed by atoms with van der Waals surface area (Å²) >= 11 is 3.38. The first kappa shape index (κ1) is 20.4. The second kappa shape index (κ2) is 8.16. The summed E-state index contributed by atoms with van der Waals surface area (Å²) in [6.07, 6.45) is 1.32. The van der Waals surface area contributed by atoms with Gasteiger partial charge in [-0.3, -0.25) is 14.6 Å². The number of rotatable bonds is 5. The van der Waals surface area contributed by atoms with Gasteiger partial charge in [0, 0.05) is 10.9 Å². The van der Waals surface area contributed by atoms with Gasteiger partial charge < -0.3 is 9.84 Å². The number of Topliss-reactive ketones (excluding diaryl/α,β-unsaturated/α-hetero) is 1. The van der Waals surface area contributed by atoms with Crippen LogP contribution in [-0.2, 0) is 14.3 Å². The van der Waals surface area contributed by atoms with Crippen LogP contribution in [0.3, 0.4) is 0 Å². The van der Waals surface area contributed by atoms with E-state index in [0.717, 1.165) is 4.47 Å². The van der Waals surface area contributed by atoms with Crippen LogP contribution in [0, 0.1) is 11.3 Å². The zero-order valence-corrected chi connectivity index (χ0v) is 17.1. The highest BCUT2D eigenvalue weighted by molar-refractivity contribution is 9.10. The molecule has 2 rings (SSSR count).